The minimum Gasteiger partial charge on any atom is -0.247 e. The molecular formula is C6H11F3O2S. The first-order valence-corrected chi connectivity index (χ1v) is 3.97. The highest BCUT2D eigenvalue weighted by Crippen LogP contribution is 2.21. The smallest absolute Gasteiger partial charge is 0.247 e. The summed E-state index contributed by atoms with van der Waals surface area (Å²) in [5, 5.41) is 0. The van der Waals surface area contributed by atoms with E-state index in [1.165, 1.54) is 0 Å². The lowest BCUT2D eigenvalue weighted by molar-refractivity contribution is -0.00992. The van der Waals surface area contributed by atoms with Crippen molar-refractivity contribution < 1.29 is 21.6 Å². The normalized spacial score (nSPS) is 12.8. The zero-order chi connectivity index (χ0) is 10.2. The summed E-state index contributed by atoms with van der Waals surface area (Å²) < 4.78 is 52.6. The molecule has 0 aromatic carbocycles. The fourth-order valence-electron chi connectivity index (χ4n) is 0.533. The van der Waals surface area contributed by atoms with Crippen LogP contribution in [0.25, 0.3) is 0 Å². The van der Waals surface area contributed by atoms with Crippen LogP contribution < -0.4 is 0 Å². The van der Waals surface area contributed by atoms with Gasteiger partial charge in [0.05, 0.1) is 0 Å². The van der Waals surface area contributed by atoms with Gasteiger partial charge in [-0.1, -0.05) is 6.92 Å². The molecule has 0 amide bonds. The molecule has 0 aliphatic rings. The van der Waals surface area contributed by atoms with Gasteiger partial charge >= 0.3 is 11.6 Å². The predicted octanol–water partition coefficient (Wildman–Crippen LogP) is 2.11. The molecule has 0 fully saturated rings. The van der Waals surface area contributed by atoms with E-state index in [4.69, 9.17) is 8.42 Å². The van der Waals surface area contributed by atoms with Crippen LogP contribution in [-0.2, 0) is 11.6 Å². The summed E-state index contributed by atoms with van der Waals surface area (Å²) >= 11 is -0.750. The molecule has 0 saturated heterocycles. The van der Waals surface area contributed by atoms with Gasteiger partial charge in [0.15, 0.2) is 0 Å². The molecule has 12 heavy (non-hydrogen) atoms. The average Bonchev–Trinajstić information content (AvgIpc) is 1.86. The molecule has 0 aliphatic heterocycles. The van der Waals surface area contributed by atoms with Crippen LogP contribution in [0.15, 0.2) is 0 Å². The molecule has 1 unspecified atom stereocenters. The van der Waals surface area contributed by atoms with E-state index in [0.717, 1.165) is 6.92 Å². The van der Waals surface area contributed by atoms with Crippen molar-refractivity contribution in [2.45, 2.75) is 38.8 Å². The van der Waals surface area contributed by atoms with Gasteiger partial charge in [-0.05, 0) is 13.3 Å². The lowest BCUT2D eigenvalue weighted by atomic mass is 10.1. The van der Waals surface area contributed by atoms with Gasteiger partial charge in [-0.25, -0.2) is 13.2 Å². The number of alkyl halides is 3. The Kier molecular flexibility index (Phi) is 8.57. The van der Waals surface area contributed by atoms with Gasteiger partial charge in [-0.3, -0.25) is 0 Å². The maximum atomic E-state index is 12.1. The molecule has 2 nitrogen and oxygen atoms in total. The third-order valence-electron chi connectivity index (χ3n) is 1.02. The van der Waals surface area contributed by atoms with Crippen LogP contribution in [0.1, 0.15) is 26.7 Å². The fourth-order valence-corrected chi connectivity index (χ4v) is 0.533. The van der Waals surface area contributed by atoms with E-state index < -0.39 is 30.1 Å². The summed E-state index contributed by atoms with van der Waals surface area (Å²) in [6, 6.07) is 0. The first kappa shape index (κ1) is 14.2. The molecular weight excluding hydrogens is 193 g/mol. The van der Waals surface area contributed by atoms with E-state index in [2.05, 4.69) is 0 Å². The molecule has 0 radical (unpaired) electrons. The summed E-state index contributed by atoms with van der Waals surface area (Å²) in [4.78, 5) is 0. The highest BCUT2D eigenvalue weighted by atomic mass is 32.1. The molecule has 0 spiro atoms. The van der Waals surface area contributed by atoms with Crippen molar-refractivity contribution in [3.63, 3.8) is 0 Å². The Morgan fingerprint density at radius 3 is 1.83 bits per heavy atom. The Hall–Kier alpha value is -0.390. The van der Waals surface area contributed by atoms with Gasteiger partial charge in [0.2, 0.25) is 5.92 Å². The first-order valence-electron chi connectivity index (χ1n) is 3.31. The second kappa shape index (κ2) is 7.27. The maximum absolute atomic E-state index is 12.1. The second-order valence-electron chi connectivity index (χ2n) is 2.35. The van der Waals surface area contributed by atoms with Crippen molar-refractivity contribution in [1.29, 1.82) is 0 Å². The van der Waals surface area contributed by atoms with Crippen molar-refractivity contribution in [3.8, 4) is 0 Å². The van der Waals surface area contributed by atoms with Crippen molar-refractivity contribution in [3.05, 3.63) is 0 Å². The van der Waals surface area contributed by atoms with E-state index >= 15 is 0 Å². The summed E-state index contributed by atoms with van der Waals surface area (Å²) in [5.41, 5.74) is 0. The van der Waals surface area contributed by atoms with Crippen LogP contribution in [0.2, 0.25) is 0 Å². The molecule has 74 valence electrons. The molecule has 0 saturated carbocycles. The third kappa shape index (κ3) is 16.3. The van der Waals surface area contributed by atoms with Crippen LogP contribution >= 0.6 is 0 Å². The van der Waals surface area contributed by atoms with Crippen molar-refractivity contribution in [2.75, 3.05) is 0 Å². The summed E-state index contributed by atoms with van der Waals surface area (Å²) in [6.07, 6.45) is -1.84. The third-order valence-corrected chi connectivity index (χ3v) is 1.02. The Bertz CT molecular complexity index is 140. The minimum atomic E-state index is -2.85. The van der Waals surface area contributed by atoms with Crippen molar-refractivity contribution in [1.82, 2.24) is 0 Å². The molecule has 0 N–H and O–H groups in total. The van der Waals surface area contributed by atoms with Crippen molar-refractivity contribution in [2.24, 2.45) is 0 Å². The Balaban J connectivity index is 0. The molecule has 0 aromatic heterocycles. The average molecular weight is 204 g/mol. The highest BCUT2D eigenvalue weighted by Gasteiger charge is 2.25. The Morgan fingerprint density at radius 1 is 1.42 bits per heavy atom. The largest absolute Gasteiger partial charge is 0.335 e. The summed E-state index contributed by atoms with van der Waals surface area (Å²) in [6.45, 7) is 2.28. The van der Waals surface area contributed by atoms with Crippen LogP contribution in [0.5, 0.6) is 0 Å². The lowest BCUT2D eigenvalue weighted by Crippen LogP contribution is -2.16. The fraction of sp³-hybridized carbons (Fsp3) is 1.00. The van der Waals surface area contributed by atoms with Gasteiger partial charge in [0, 0.05) is 6.42 Å². The first-order chi connectivity index (χ1) is 5.37. The lowest BCUT2D eigenvalue weighted by Gasteiger charge is -2.11. The topological polar surface area (TPSA) is 34.1 Å². The van der Waals surface area contributed by atoms with Crippen molar-refractivity contribution >= 4 is 11.6 Å². The Labute approximate surface area is 72.8 Å². The zero-order valence-corrected chi connectivity index (χ0v) is 7.67. The van der Waals surface area contributed by atoms with E-state index in [0.29, 0.717) is 0 Å². The second-order valence-corrected chi connectivity index (χ2v) is 2.48. The minimum absolute atomic E-state index is 0.170. The Morgan fingerprint density at radius 2 is 1.75 bits per heavy atom. The molecule has 0 aliphatic carbocycles. The van der Waals surface area contributed by atoms with Gasteiger partial charge in [0.25, 0.3) is 0 Å². The van der Waals surface area contributed by atoms with Gasteiger partial charge in [-0.15, -0.1) is 0 Å². The number of halogens is 3. The van der Waals surface area contributed by atoms with E-state index in [1.807, 2.05) is 0 Å². The number of hydrogen-bond acceptors (Lipinski definition) is 2. The van der Waals surface area contributed by atoms with Gasteiger partial charge in [0.1, 0.15) is 6.17 Å². The van der Waals surface area contributed by atoms with Crippen LogP contribution in [0, 0.1) is 0 Å². The number of hydrogen-bond donors (Lipinski definition) is 0. The number of rotatable bonds is 3. The highest BCUT2D eigenvalue weighted by molar-refractivity contribution is 7.51. The SMILES string of the molecule is CCC(F)CC(C)(F)F.O=S=O. The van der Waals surface area contributed by atoms with Crippen LogP contribution in [-0.4, -0.2) is 20.5 Å². The van der Waals surface area contributed by atoms with Gasteiger partial charge < -0.3 is 0 Å². The molecule has 0 bridgehead atoms. The molecule has 6 heteroatoms. The zero-order valence-electron chi connectivity index (χ0n) is 6.85. The molecule has 1 atom stereocenters. The summed E-state index contributed by atoms with van der Waals surface area (Å²) in [5.74, 6) is -2.85. The summed E-state index contributed by atoms with van der Waals surface area (Å²) in [7, 11) is 0. The van der Waals surface area contributed by atoms with E-state index in [1.54, 1.807) is 6.92 Å². The monoisotopic (exact) mass is 204 g/mol. The molecule has 0 aromatic rings. The van der Waals surface area contributed by atoms with Crippen LogP contribution in [0.4, 0.5) is 13.2 Å². The van der Waals surface area contributed by atoms with E-state index in [9.17, 15) is 13.2 Å². The standard InChI is InChI=1S/C6H11F3.O2S/c1-3-5(7)4-6(2,8)9;1-3-2/h5H,3-4H2,1-2H3;. The van der Waals surface area contributed by atoms with Gasteiger partial charge in [-0.2, -0.15) is 8.42 Å². The molecule has 0 rings (SSSR count). The molecule has 0 heterocycles. The maximum Gasteiger partial charge on any atom is 0.335 e. The van der Waals surface area contributed by atoms with Crippen LogP contribution in [0.3, 0.4) is 0 Å². The van der Waals surface area contributed by atoms with E-state index in [-0.39, 0.29) is 6.42 Å². The quantitative estimate of drug-likeness (QED) is 0.705. The predicted molar refractivity (Wildman–Crippen MR) is 39.3 cm³/mol.